The van der Waals surface area contributed by atoms with Gasteiger partial charge in [0.05, 0.1) is 12.1 Å². The Hall–Kier alpha value is -4.32. The van der Waals surface area contributed by atoms with Gasteiger partial charge >= 0.3 is 0 Å². The molecule has 0 bridgehead atoms. The topological polar surface area (TPSA) is 126 Å². The molecule has 38 heavy (non-hydrogen) atoms. The highest BCUT2D eigenvalue weighted by molar-refractivity contribution is 6.03. The third-order valence-corrected chi connectivity index (χ3v) is 7.50. The molecule has 3 aromatic rings. The number of ether oxygens (including phenoxy) is 1. The van der Waals surface area contributed by atoms with Crippen molar-refractivity contribution in [2.45, 2.75) is 39.2 Å². The first-order chi connectivity index (χ1) is 18.3. The number of amides is 2. The minimum Gasteiger partial charge on any atom is -0.457 e. The predicted molar refractivity (Wildman–Crippen MR) is 144 cm³/mol. The van der Waals surface area contributed by atoms with Gasteiger partial charge in [0.1, 0.15) is 34.0 Å². The molecule has 3 N–H and O–H groups in total. The largest absolute Gasteiger partial charge is 0.457 e. The number of hydrogen-bond donors (Lipinski definition) is 2. The predicted octanol–water partition coefficient (Wildman–Crippen LogP) is 4.59. The molecule has 1 fully saturated rings. The quantitative estimate of drug-likeness (QED) is 0.498. The number of nitrogens with zero attached hydrogens (tertiary/aromatic N) is 4. The number of benzene rings is 2. The van der Waals surface area contributed by atoms with Gasteiger partial charge in [-0.05, 0) is 75.4 Å². The molecule has 2 aliphatic rings. The summed E-state index contributed by atoms with van der Waals surface area (Å²) < 4.78 is 7.83. The molecule has 0 aliphatic carbocycles. The van der Waals surface area contributed by atoms with Gasteiger partial charge in [-0.15, -0.1) is 0 Å². The summed E-state index contributed by atoms with van der Waals surface area (Å²) in [6, 6.07) is 19.2. The fraction of sp³-hybridized carbons (Fsp3) is 0.379. The molecule has 0 saturated carbocycles. The average Bonchev–Trinajstić information content (AvgIpc) is 3.34. The maximum atomic E-state index is 12.8. The minimum absolute atomic E-state index is 0.0833. The summed E-state index contributed by atoms with van der Waals surface area (Å²) in [6.07, 6.45) is 2.48. The Morgan fingerprint density at radius 1 is 1.05 bits per heavy atom. The average molecular weight is 513 g/mol. The molecule has 2 aromatic carbocycles. The number of primary amides is 1. The van der Waals surface area contributed by atoms with Crippen LogP contribution < -0.4 is 15.8 Å². The minimum atomic E-state index is -1.02. The molecular formula is C29H32N6O3. The van der Waals surface area contributed by atoms with Gasteiger partial charge in [0, 0.05) is 25.2 Å². The molecule has 5 rings (SSSR count). The van der Waals surface area contributed by atoms with Gasteiger partial charge in [-0.2, -0.15) is 10.4 Å². The van der Waals surface area contributed by atoms with E-state index in [9.17, 15) is 14.9 Å². The fourth-order valence-corrected chi connectivity index (χ4v) is 5.41. The highest BCUT2D eigenvalue weighted by Gasteiger charge is 2.38. The number of aromatic nitrogens is 2. The van der Waals surface area contributed by atoms with E-state index in [-0.39, 0.29) is 11.9 Å². The number of fused-ring (bicyclic) bond motifs is 1. The second-order valence-electron chi connectivity index (χ2n) is 10.5. The highest BCUT2D eigenvalue weighted by Crippen LogP contribution is 2.40. The molecule has 2 amide bonds. The van der Waals surface area contributed by atoms with Crippen LogP contribution in [0.3, 0.4) is 0 Å². The number of para-hydroxylation sites is 1. The Morgan fingerprint density at radius 3 is 2.34 bits per heavy atom. The van der Waals surface area contributed by atoms with Crippen molar-refractivity contribution in [1.29, 1.82) is 5.26 Å². The summed E-state index contributed by atoms with van der Waals surface area (Å²) >= 11 is 0. The lowest BCUT2D eigenvalue weighted by Crippen LogP contribution is -2.46. The fourth-order valence-electron chi connectivity index (χ4n) is 5.41. The summed E-state index contributed by atoms with van der Waals surface area (Å²) in [7, 11) is 0. The van der Waals surface area contributed by atoms with Gasteiger partial charge in [0.15, 0.2) is 0 Å². The van der Waals surface area contributed by atoms with Crippen LogP contribution in [0.2, 0.25) is 0 Å². The molecule has 1 saturated heterocycles. The van der Waals surface area contributed by atoms with Crippen LogP contribution in [-0.2, 0) is 4.79 Å². The molecule has 196 valence electrons. The zero-order chi connectivity index (χ0) is 26.9. The first-order valence-corrected chi connectivity index (χ1v) is 13.0. The summed E-state index contributed by atoms with van der Waals surface area (Å²) in [4.78, 5) is 27.1. The molecule has 2 aliphatic heterocycles. The number of carbonyl (C=O) groups excluding carboxylic acids is 2. The molecule has 1 aromatic heterocycles. The Labute approximate surface area is 222 Å². The Bertz CT molecular complexity index is 1370. The monoisotopic (exact) mass is 512 g/mol. The normalized spacial score (nSPS) is 17.7. The van der Waals surface area contributed by atoms with Crippen LogP contribution in [-0.4, -0.2) is 46.1 Å². The van der Waals surface area contributed by atoms with E-state index < -0.39 is 11.3 Å². The van der Waals surface area contributed by atoms with Crippen molar-refractivity contribution in [3.8, 4) is 28.8 Å². The number of nitriles is 1. The molecule has 0 unspecified atom stereocenters. The van der Waals surface area contributed by atoms with Gasteiger partial charge in [0.2, 0.25) is 5.91 Å². The lowest BCUT2D eigenvalue weighted by molar-refractivity contribution is -0.139. The maximum Gasteiger partial charge on any atom is 0.254 e. The molecule has 3 heterocycles. The standard InChI is InChI=1S/C29H32N6O3/c1-29(2,18-30)28(37)34-16-13-19(14-17-34)23-12-15-32-27-24(26(31)36)25(33-35(23)27)20-8-10-22(11-9-20)38-21-6-4-3-5-7-21/h3-11,19,23,32H,12-17H2,1-2H3,(H2,31,36)/t23-/m0/s1. The van der Waals surface area contributed by atoms with E-state index in [1.54, 1.807) is 18.7 Å². The molecule has 9 heteroatoms. The number of nitrogens with one attached hydrogen (secondary N) is 1. The Morgan fingerprint density at radius 2 is 1.71 bits per heavy atom. The number of nitrogens with two attached hydrogens (primary N) is 1. The Balaban J connectivity index is 1.38. The van der Waals surface area contributed by atoms with Crippen LogP contribution in [0, 0.1) is 22.7 Å². The van der Waals surface area contributed by atoms with Crippen LogP contribution in [0.15, 0.2) is 54.6 Å². The summed E-state index contributed by atoms with van der Waals surface area (Å²) in [5.41, 5.74) is 6.54. The van der Waals surface area contributed by atoms with Crippen LogP contribution >= 0.6 is 0 Å². The van der Waals surface area contributed by atoms with E-state index in [0.717, 1.165) is 30.6 Å². The van der Waals surface area contributed by atoms with E-state index >= 15 is 0 Å². The van der Waals surface area contributed by atoms with Crippen molar-refractivity contribution in [3.05, 3.63) is 60.2 Å². The van der Waals surface area contributed by atoms with Crippen molar-refractivity contribution in [1.82, 2.24) is 14.7 Å². The van der Waals surface area contributed by atoms with E-state index in [2.05, 4.69) is 11.4 Å². The van der Waals surface area contributed by atoms with Gasteiger partial charge < -0.3 is 20.7 Å². The number of piperidine rings is 1. The van der Waals surface area contributed by atoms with Crippen molar-refractivity contribution in [2.75, 3.05) is 25.0 Å². The van der Waals surface area contributed by atoms with Gasteiger partial charge in [0.25, 0.3) is 5.91 Å². The van der Waals surface area contributed by atoms with Gasteiger partial charge in [-0.1, -0.05) is 18.2 Å². The van der Waals surface area contributed by atoms with Crippen LogP contribution in [0.5, 0.6) is 11.5 Å². The zero-order valence-corrected chi connectivity index (χ0v) is 21.7. The highest BCUT2D eigenvalue weighted by atomic mass is 16.5. The molecule has 1 atom stereocenters. The number of hydrogen-bond acceptors (Lipinski definition) is 6. The third-order valence-electron chi connectivity index (χ3n) is 7.50. The lowest BCUT2D eigenvalue weighted by atomic mass is 9.85. The molecule has 0 spiro atoms. The van der Waals surface area contributed by atoms with Crippen molar-refractivity contribution in [2.24, 2.45) is 17.1 Å². The van der Waals surface area contributed by atoms with Crippen LogP contribution in [0.25, 0.3) is 11.3 Å². The SMILES string of the molecule is CC(C)(C#N)C(=O)N1CCC([C@@H]2CCNc3c(C(N)=O)c(-c4ccc(Oc5ccccc5)cc4)nn32)CC1. The number of rotatable bonds is 6. The summed E-state index contributed by atoms with van der Waals surface area (Å²) in [5.74, 6) is 1.71. The van der Waals surface area contributed by atoms with Crippen molar-refractivity contribution >= 4 is 17.6 Å². The van der Waals surface area contributed by atoms with E-state index in [1.165, 1.54) is 0 Å². The number of likely N-dealkylation sites (tertiary alicyclic amines) is 1. The Kier molecular flexibility index (Phi) is 6.81. The van der Waals surface area contributed by atoms with E-state index in [0.29, 0.717) is 48.4 Å². The zero-order valence-electron chi connectivity index (χ0n) is 21.7. The van der Waals surface area contributed by atoms with Gasteiger partial charge in [-0.25, -0.2) is 4.68 Å². The van der Waals surface area contributed by atoms with E-state index in [1.807, 2.05) is 59.3 Å². The summed E-state index contributed by atoms with van der Waals surface area (Å²) in [5, 5.41) is 17.6. The first kappa shape index (κ1) is 25.3. The van der Waals surface area contributed by atoms with Crippen LogP contribution in [0.1, 0.15) is 49.5 Å². The summed E-state index contributed by atoms with van der Waals surface area (Å²) in [6.45, 7) is 5.25. The number of anilines is 1. The molecular weight excluding hydrogens is 480 g/mol. The maximum absolute atomic E-state index is 12.8. The van der Waals surface area contributed by atoms with Crippen molar-refractivity contribution < 1.29 is 14.3 Å². The molecule has 9 nitrogen and oxygen atoms in total. The molecule has 0 radical (unpaired) electrons. The number of carbonyl (C=O) groups is 2. The third kappa shape index (κ3) is 4.82. The smallest absolute Gasteiger partial charge is 0.254 e. The van der Waals surface area contributed by atoms with E-state index in [4.69, 9.17) is 15.6 Å². The lowest BCUT2D eigenvalue weighted by Gasteiger charge is -2.39. The van der Waals surface area contributed by atoms with Crippen LogP contribution in [0.4, 0.5) is 5.82 Å². The second-order valence-corrected chi connectivity index (χ2v) is 10.5. The van der Waals surface area contributed by atoms with Gasteiger partial charge in [-0.3, -0.25) is 9.59 Å². The first-order valence-electron chi connectivity index (χ1n) is 13.0. The van der Waals surface area contributed by atoms with Crippen molar-refractivity contribution in [3.63, 3.8) is 0 Å². The second kappa shape index (κ2) is 10.2.